The minimum atomic E-state index is -0.350. The molecule has 0 saturated carbocycles. The zero-order valence-corrected chi connectivity index (χ0v) is 20.2. The van der Waals surface area contributed by atoms with E-state index in [1.54, 1.807) is 12.1 Å². The lowest BCUT2D eigenvalue weighted by molar-refractivity contribution is 0.0734. The highest BCUT2D eigenvalue weighted by Gasteiger charge is 2.08. The van der Waals surface area contributed by atoms with Crippen LogP contribution in [0.5, 0.6) is 5.75 Å². The van der Waals surface area contributed by atoms with Gasteiger partial charge >= 0.3 is 5.97 Å². The van der Waals surface area contributed by atoms with Gasteiger partial charge in [-0.2, -0.15) is 0 Å². The molecule has 0 radical (unpaired) electrons. The predicted molar refractivity (Wildman–Crippen MR) is 140 cm³/mol. The monoisotopic (exact) mass is 448 g/mol. The molecular formula is C32H32O2. The van der Waals surface area contributed by atoms with Gasteiger partial charge in [-0.3, -0.25) is 0 Å². The van der Waals surface area contributed by atoms with Crippen molar-refractivity contribution >= 4 is 5.97 Å². The molecule has 0 spiro atoms. The average molecular weight is 449 g/mol. The van der Waals surface area contributed by atoms with E-state index in [1.165, 1.54) is 31.2 Å². The maximum absolute atomic E-state index is 12.4. The molecule has 0 amide bonds. The summed E-state index contributed by atoms with van der Waals surface area (Å²) in [6.07, 6.45) is 7.90. The summed E-state index contributed by atoms with van der Waals surface area (Å²) >= 11 is 0. The molecule has 0 bridgehead atoms. The summed E-state index contributed by atoms with van der Waals surface area (Å²) in [7, 11) is 0. The average Bonchev–Trinajstić information content (AvgIpc) is 2.87. The molecule has 0 aliphatic carbocycles. The molecule has 0 heterocycles. The van der Waals surface area contributed by atoms with Crippen molar-refractivity contribution in [3.63, 3.8) is 0 Å². The first-order chi connectivity index (χ1) is 16.7. The van der Waals surface area contributed by atoms with Gasteiger partial charge in [-0.15, -0.1) is 0 Å². The van der Waals surface area contributed by atoms with Gasteiger partial charge in [0, 0.05) is 23.1 Å². The Morgan fingerprint density at radius 2 is 1.24 bits per heavy atom. The van der Waals surface area contributed by atoms with Crippen molar-refractivity contribution in [1.82, 2.24) is 0 Å². The Labute approximate surface area is 204 Å². The smallest absolute Gasteiger partial charge is 0.343 e. The van der Waals surface area contributed by atoms with Crippen LogP contribution in [0, 0.1) is 23.7 Å². The fourth-order valence-electron chi connectivity index (χ4n) is 3.37. The largest absolute Gasteiger partial charge is 0.423 e. The lowest BCUT2D eigenvalue weighted by Crippen LogP contribution is -2.08. The lowest BCUT2D eigenvalue weighted by atomic mass is 10.1. The summed E-state index contributed by atoms with van der Waals surface area (Å²) in [4.78, 5) is 12.4. The van der Waals surface area contributed by atoms with E-state index in [4.69, 9.17) is 4.74 Å². The van der Waals surface area contributed by atoms with Crippen LogP contribution in [0.1, 0.15) is 85.0 Å². The molecule has 3 aromatic carbocycles. The van der Waals surface area contributed by atoms with E-state index < -0.39 is 0 Å². The van der Waals surface area contributed by atoms with Gasteiger partial charge in [0.1, 0.15) is 5.75 Å². The number of hydrogen-bond donors (Lipinski definition) is 0. The Morgan fingerprint density at radius 3 is 1.82 bits per heavy atom. The zero-order chi connectivity index (χ0) is 24.0. The normalized spacial score (nSPS) is 9.94. The SMILES string of the molecule is CCCCC#Cc1ccc(C#Cc2ccc(OC(=O)c3ccc(CCCCC)cc3)cc2)cc1. The molecule has 0 aliphatic rings. The Hall–Kier alpha value is -3.75. The van der Waals surface area contributed by atoms with Gasteiger partial charge in [-0.05, 0) is 85.5 Å². The van der Waals surface area contributed by atoms with Gasteiger partial charge in [0.15, 0.2) is 0 Å². The Balaban J connectivity index is 1.54. The van der Waals surface area contributed by atoms with Crippen molar-refractivity contribution in [3.8, 4) is 29.4 Å². The second-order valence-electron chi connectivity index (χ2n) is 8.30. The molecule has 3 rings (SSSR count). The van der Waals surface area contributed by atoms with E-state index in [2.05, 4.69) is 37.5 Å². The molecule has 2 nitrogen and oxygen atoms in total. The van der Waals surface area contributed by atoms with Gasteiger partial charge in [0.25, 0.3) is 0 Å². The molecule has 0 atom stereocenters. The number of benzene rings is 3. The van der Waals surface area contributed by atoms with Crippen molar-refractivity contribution in [3.05, 3.63) is 101 Å². The molecule has 0 saturated heterocycles. The topological polar surface area (TPSA) is 26.3 Å². The molecule has 0 aliphatic heterocycles. The number of carbonyl (C=O) groups is 1. The fraction of sp³-hybridized carbons (Fsp3) is 0.281. The molecule has 3 aromatic rings. The number of ether oxygens (including phenoxy) is 1. The summed E-state index contributed by atoms with van der Waals surface area (Å²) in [6, 6.07) is 23.0. The van der Waals surface area contributed by atoms with Gasteiger partial charge in [-0.25, -0.2) is 4.79 Å². The summed E-state index contributed by atoms with van der Waals surface area (Å²) in [5.41, 5.74) is 4.62. The number of aryl methyl sites for hydroxylation is 1. The van der Waals surface area contributed by atoms with Crippen LogP contribution in [-0.4, -0.2) is 5.97 Å². The van der Waals surface area contributed by atoms with Crippen molar-refractivity contribution in [1.29, 1.82) is 0 Å². The number of rotatable bonds is 8. The number of unbranched alkanes of at least 4 members (excludes halogenated alkanes) is 4. The van der Waals surface area contributed by atoms with Crippen LogP contribution in [0.15, 0.2) is 72.8 Å². The van der Waals surface area contributed by atoms with Crippen molar-refractivity contribution in [2.24, 2.45) is 0 Å². The number of esters is 1. The predicted octanol–water partition coefficient (Wildman–Crippen LogP) is 7.58. The van der Waals surface area contributed by atoms with Crippen LogP contribution >= 0.6 is 0 Å². The maximum Gasteiger partial charge on any atom is 0.343 e. The van der Waals surface area contributed by atoms with Gasteiger partial charge in [0.2, 0.25) is 0 Å². The Bertz CT molecular complexity index is 1160. The second-order valence-corrected chi connectivity index (χ2v) is 8.30. The summed E-state index contributed by atoms with van der Waals surface area (Å²) in [5, 5.41) is 0. The Kier molecular flexibility index (Phi) is 10.0. The van der Waals surface area contributed by atoms with E-state index in [0.717, 1.165) is 36.0 Å². The number of hydrogen-bond acceptors (Lipinski definition) is 2. The third kappa shape index (κ3) is 8.31. The first-order valence-electron chi connectivity index (χ1n) is 12.2. The molecule has 0 fully saturated rings. The first kappa shape index (κ1) is 24.9. The highest BCUT2D eigenvalue weighted by Crippen LogP contribution is 2.15. The van der Waals surface area contributed by atoms with Crippen LogP contribution in [0.2, 0.25) is 0 Å². The molecule has 172 valence electrons. The van der Waals surface area contributed by atoms with Crippen LogP contribution in [-0.2, 0) is 6.42 Å². The van der Waals surface area contributed by atoms with Gasteiger partial charge in [0.05, 0.1) is 5.56 Å². The van der Waals surface area contributed by atoms with Crippen LogP contribution < -0.4 is 4.74 Å². The quantitative estimate of drug-likeness (QED) is 0.154. The maximum atomic E-state index is 12.4. The van der Waals surface area contributed by atoms with Gasteiger partial charge < -0.3 is 4.74 Å². The summed E-state index contributed by atoms with van der Waals surface area (Å²) in [6.45, 7) is 4.37. The molecule has 34 heavy (non-hydrogen) atoms. The third-order valence-corrected chi connectivity index (χ3v) is 5.45. The highest BCUT2D eigenvalue weighted by atomic mass is 16.5. The molecule has 0 unspecified atom stereocenters. The highest BCUT2D eigenvalue weighted by molar-refractivity contribution is 5.91. The summed E-state index contributed by atoms with van der Waals surface area (Å²) < 4.78 is 5.52. The van der Waals surface area contributed by atoms with E-state index in [1.807, 2.05) is 60.7 Å². The van der Waals surface area contributed by atoms with Crippen LogP contribution in [0.3, 0.4) is 0 Å². The van der Waals surface area contributed by atoms with E-state index >= 15 is 0 Å². The first-order valence-corrected chi connectivity index (χ1v) is 12.2. The standard InChI is InChI=1S/C32H32O2/c1-3-5-7-9-11-26-12-14-28(15-13-26)16-17-29-20-24-31(25-21-29)34-32(33)30-22-18-27(19-23-30)10-8-6-4-2/h12-15,18-25H,3-8,10H2,1-2H3. The number of carbonyl (C=O) groups excluding carboxylic acids is 1. The van der Waals surface area contributed by atoms with Crippen LogP contribution in [0.4, 0.5) is 0 Å². The minimum Gasteiger partial charge on any atom is -0.423 e. The van der Waals surface area contributed by atoms with Crippen LogP contribution in [0.25, 0.3) is 0 Å². The summed E-state index contributed by atoms with van der Waals surface area (Å²) in [5.74, 6) is 12.9. The van der Waals surface area contributed by atoms with Crippen molar-refractivity contribution in [2.75, 3.05) is 0 Å². The molecule has 2 heteroatoms. The second kappa shape index (κ2) is 13.7. The minimum absolute atomic E-state index is 0.350. The fourth-order valence-corrected chi connectivity index (χ4v) is 3.37. The van der Waals surface area contributed by atoms with E-state index in [-0.39, 0.29) is 5.97 Å². The van der Waals surface area contributed by atoms with E-state index in [0.29, 0.717) is 11.3 Å². The Morgan fingerprint density at radius 1 is 0.676 bits per heavy atom. The van der Waals surface area contributed by atoms with Crippen molar-refractivity contribution in [2.45, 2.75) is 58.8 Å². The zero-order valence-electron chi connectivity index (χ0n) is 20.2. The third-order valence-electron chi connectivity index (χ3n) is 5.45. The van der Waals surface area contributed by atoms with Gasteiger partial charge in [-0.1, -0.05) is 68.9 Å². The molecule has 0 N–H and O–H groups in total. The molecular weight excluding hydrogens is 416 g/mol. The van der Waals surface area contributed by atoms with E-state index in [9.17, 15) is 4.79 Å². The lowest BCUT2D eigenvalue weighted by Gasteiger charge is -2.06. The molecule has 0 aromatic heterocycles. The van der Waals surface area contributed by atoms with Crippen molar-refractivity contribution < 1.29 is 9.53 Å².